The molecule has 0 spiro atoms. The molecule has 1 saturated carbocycles. The molecule has 1 rings (SSSR count). The maximum Gasteiger partial charge on any atom is -0.00401 e. The van der Waals surface area contributed by atoms with Crippen molar-refractivity contribution in [2.75, 3.05) is 0 Å². The second-order valence-electron chi connectivity index (χ2n) is 3.82. The molecular formula is C11H18. The molecule has 0 radical (unpaired) electrons. The van der Waals surface area contributed by atoms with E-state index in [-0.39, 0.29) is 0 Å². The molecular weight excluding hydrogens is 132 g/mol. The predicted molar refractivity (Wildman–Crippen MR) is 49.5 cm³/mol. The van der Waals surface area contributed by atoms with Crippen molar-refractivity contribution in [2.24, 2.45) is 5.41 Å². The molecule has 62 valence electrons. The largest absolute Gasteiger partial charge is 0.129 e. The van der Waals surface area contributed by atoms with Crippen LogP contribution in [0.5, 0.6) is 0 Å². The SMILES string of the molecule is C=C=C(CCCC)C1(C)CC1. The topological polar surface area (TPSA) is 0 Å². The van der Waals surface area contributed by atoms with Gasteiger partial charge in [-0.15, -0.1) is 5.73 Å². The minimum atomic E-state index is 0.511. The molecule has 0 heterocycles. The van der Waals surface area contributed by atoms with E-state index < -0.39 is 0 Å². The molecule has 0 heteroatoms. The highest BCUT2D eigenvalue weighted by atomic mass is 14.4. The van der Waals surface area contributed by atoms with Gasteiger partial charge >= 0.3 is 0 Å². The first-order valence-electron chi connectivity index (χ1n) is 4.62. The van der Waals surface area contributed by atoms with Crippen molar-refractivity contribution in [2.45, 2.75) is 46.0 Å². The van der Waals surface area contributed by atoms with Crippen molar-refractivity contribution in [3.05, 3.63) is 17.9 Å². The first-order chi connectivity index (χ1) is 5.23. The number of unbranched alkanes of at least 4 members (excludes halogenated alkanes) is 1. The zero-order valence-corrected chi connectivity index (χ0v) is 7.74. The third-order valence-electron chi connectivity index (χ3n) is 2.72. The van der Waals surface area contributed by atoms with Gasteiger partial charge in [0.2, 0.25) is 0 Å². The van der Waals surface area contributed by atoms with Crippen molar-refractivity contribution in [1.82, 2.24) is 0 Å². The third kappa shape index (κ3) is 1.97. The van der Waals surface area contributed by atoms with E-state index in [2.05, 4.69) is 26.2 Å². The average molecular weight is 150 g/mol. The molecule has 11 heavy (non-hydrogen) atoms. The predicted octanol–water partition coefficient (Wildman–Crippen LogP) is 3.69. The summed E-state index contributed by atoms with van der Waals surface area (Å²) in [5, 5.41) is 0. The van der Waals surface area contributed by atoms with Crippen LogP contribution in [-0.4, -0.2) is 0 Å². The highest BCUT2D eigenvalue weighted by Gasteiger charge is 2.40. The summed E-state index contributed by atoms with van der Waals surface area (Å²) in [6, 6.07) is 0. The average Bonchev–Trinajstić information content (AvgIpc) is 2.71. The van der Waals surface area contributed by atoms with Crippen LogP contribution >= 0.6 is 0 Å². The molecule has 0 amide bonds. The Hall–Kier alpha value is -0.480. The van der Waals surface area contributed by atoms with Crippen molar-refractivity contribution < 1.29 is 0 Å². The minimum Gasteiger partial charge on any atom is -0.129 e. The molecule has 0 aromatic rings. The Bertz CT molecular complexity index is 178. The van der Waals surface area contributed by atoms with Crippen molar-refractivity contribution >= 4 is 0 Å². The Balaban J connectivity index is 2.45. The summed E-state index contributed by atoms with van der Waals surface area (Å²) in [4.78, 5) is 0. The molecule has 0 atom stereocenters. The zero-order chi connectivity index (χ0) is 8.32. The first-order valence-corrected chi connectivity index (χ1v) is 4.62. The van der Waals surface area contributed by atoms with Crippen LogP contribution in [0.1, 0.15) is 46.0 Å². The van der Waals surface area contributed by atoms with E-state index in [0.29, 0.717) is 5.41 Å². The fraction of sp³-hybridized carbons (Fsp3) is 0.727. The Labute approximate surface area is 70.0 Å². The van der Waals surface area contributed by atoms with E-state index in [1.807, 2.05) is 0 Å². The second kappa shape index (κ2) is 3.28. The van der Waals surface area contributed by atoms with E-state index in [9.17, 15) is 0 Å². The van der Waals surface area contributed by atoms with Gasteiger partial charge in [-0.2, -0.15) is 0 Å². The quantitative estimate of drug-likeness (QED) is 0.536. The van der Waals surface area contributed by atoms with Gasteiger partial charge in [0.25, 0.3) is 0 Å². The Morgan fingerprint density at radius 3 is 2.55 bits per heavy atom. The van der Waals surface area contributed by atoms with Gasteiger partial charge in [-0.1, -0.05) is 26.8 Å². The normalized spacial score (nSPS) is 19.1. The molecule has 0 unspecified atom stereocenters. The van der Waals surface area contributed by atoms with E-state index in [1.165, 1.54) is 37.7 Å². The maximum absolute atomic E-state index is 3.76. The summed E-state index contributed by atoms with van der Waals surface area (Å²) >= 11 is 0. The van der Waals surface area contributed by atoms with Gasteiger partial charge in [0.05, 0.1) is 0 Å². The van der Waals surface area contributed by atoms with Crippen LogP contribution in [0, 0.1) is 5.41 Å². The van der Waals surface area contributed by atoms with E-state index in [1.54, 1.807) is 0 Å². The summed E-state index contributed by atoms with van der Waals surface area (Å²) in [6.07, 6.45) is 6.51. The van der Waals surface area contributed by atoms with E-state index in [0.717, 1.165) is 0 Å². The number of rotatable bonds is 4. The summed E-state index contributed by atoms with van der Waals surface area (Å²) in [5.41, 5.74) is 5.09. The lowest BCUT2D eigenvalue weighted by atomic mass is 9.94. The van der Waals surface area contributed by atoms with Crippen LogP contribution in [0.3, 0.4) is 0 Å². The molecule has 1 aliphatic rings. The van der Waals surface area contributed by atoms with Crippen molar-refractivity contribution in [1.29, 1.82) is 0 Å². The smallest absolute Gasteiger partial charge is 0.00401 e. The first kappa shape index (κ1) is 8.62. The second-order valence-corrected chi connectivity index (χ2v) is 3.82. The summed E-state index contributed by atoms with van der Waals surface area (Å²) < 4.78 is 0. The fourth-order valence-electron chi connectivity index (χ4n) is 1.45. The van der Waals surface area contributed by atoms with Gasteiger partial charge in [0.1, 0.15) is 0 Å². The fourth-order valence-corrected chi connectivity index (χ4v) is 1.45. The summed E-state index contributed by atoms with van der Waals surface area (Å²) in [5.74, 6) is 0. The van der Waals surface area contributed by atoms with Gasteiger partial charge in [0, 0.05) is 0 Å². The summed E-state index contributed by atoms with van der Waals surface area (Å²) in [7, 11) is 0. The maximum atomic E-state index is 3.76. The monoisotopic (exact) mass is 150 g/mol. The lowest BCUT2D eigenvalue weighted by Crippen LogP contribution is -1.97. The lowest BCUT2D eigenvalue weighted by molar-refractivity contribution is 0.623. The van der Waals surface area contributed by atoms with E-state index >= 15 is 0 Å². The molecule has 0 nitrogen and oxygen atoms in total. The Morgan fingerprint density at radius 2 is 2.18 bits per heavy atom. The van der Waals surface area contributed by atoms with Crippen LogP contribution in [0.2, 0.25) is 0 Å². The highest BCUT2D eigenvalue weighted by Crippen LogP contribution is 2.52. The number of allylic oxidation sites excluding steroid dienone is 1. The zero-order valence-electron chi connectivity index (χ0n) is 7.74. The molecule has 0 saturated heterocycles. The van der Waals surface area contributed by atoms with Crippen LogP contribution in [0.4, 0.5) is 0 Å². The molecule has 0 bridgehead atoms. The van der Waals surface area contributed by atoms with Crippen LogP contribution in [-0.2, 0) is 0 Å². The van der Waals surface area contributed by atoms with Gasteiger partial charge < -0.3 is 0 Å². The molecule has 1 aliphatic carbocycles. The molecule has 0 N–H and O–H groups in total. The number of hydrogen-bond donors (Lipinski definition) is 0. The highest BCUT2D eigenvalue weighted by molar-refractivity contribution is 5.18. The van der Waals surface area contributed by atoms with Crippen LogP contribution in [0.25, 0.3) is 0 Å². The standard InChI is InChI=1S/C11H18/c1-4-6-7-10(5-2)11(3)8-9-11/h2,4,6-9H2,1,3H3. The van der Waals surface area contributed by atoms with Gasteiger partial charge in [-0.25, -0.2) is 0 Å². The van der Waals surface area contributed by atoms with Gasteiger partial charge in [0.15, 0.2) is 0 Å². The van der Waals surface area contributed by atoms with E-state index in [4.69, 9.17) is 0 Å². The molecule has 0 aliphatic heterocycles. The molecule has 0 aromatic heterocycles. The molecule has 0 aromatic carbocycles. The van der Waals surface area contributed by atoms with Gasteiger partial charge in [-0.05, 0) is 36.7 Å². The Morgan fingerprint density at radius 1 is 1.55 bits per heavy atom. The minimum absolute atomic E-state index is 0.511. The third-order valence-corrected chi connectivity index (χ3v) is 2.72. The number of hydrogen-bond acceptors (Lipinski definition) is 0. The van der Waals surface area contributed by atoms with Crippen molar-refractivity contribution in [3.8, 4) is 0 Å². The van der Waals surface area contributed by atoms with Crippen molar-refractivity contribution in [3.63, 3.8) is 0 Å². The van der Waals surface area contributed by atoms with Crippen LogP contribution < -0.4 is 0 Å². The lowest BCUT2D eigenvalue weighted by Gasteiger charge is -2.10. The van der Waals surface area contributed by atoms with Crippen LogP contribution in [0.15, 0.2) is 17.9 Å². The Kier molecular flexibility index (Phi) is 2.57. The van der Waals surface area contributed by atoms with Gasteiger partial charge in [-0.3, -0.25) is 0 Å². The summed E-state index contributed by atoms with van der Waals surface area (Å²) in [6.45, 7) is 8.32. The molecule has 1 fully saturated rings.